The molecule has 0 radical (unpaired) electrons. The Morgan fingerprint density at radius 2 is 1.91 bits per heavy atom. The van der Waals surface area contributed by atoms with Crippen molar-refractivity contribution >= 4 is 22.6 Å². The molecule has 0 aliphatic heterocycles. The summed E-state index contributed by atoms with van der Waals surface area (Å²) in [5.74, 6) is -1.44. The number of halogens is 3. The zero-order chi connectivity index (χ0) is 8.43. The fourth-order valence-electron chi connectivity index (χ4n) is 0.839. The van der Waals surface area contributed by atoms with Gasteiger partial charge in [0.05, 0.1) is 3.57 Å². The number of rotatable bonds is 1. The van der Waals surface area contributed by atoms with E-state index in [1.807, 2.05) is 0 Å². The first-order valence-electron chi connectivity index (χ1n) is 3.29. The molecule has 1 aromatic carbocycles. The highest BCUT2D eigenvalue weighted by molar-refractivity contribution is 14.1. The van der Waals surface area contributed by atoms with Crippen molar-refractivity contribution in [3.8, 4) is 0 Å². The largest absolute Gasteiger partial charge is 0.203 e. The lowest BCUT2D eigenvalue weighted by atomic mass is 10.1. The number of hydrogen-bond acceptors (Lipinski definition) is 0. The minimum atomic E-state index is -0.732. The van der Waals surface area contributed by atoms with E-state index >= 15 is 0 Å². The maximum atomic E-state index is 12.9. The van der Waals surface area contributed by atoms with Gasteiger partial charge < -0.3 is 0 Å². The summed E-state index contributed by atoms with van der Waals surface area (Å²) in [6.45, 7) is 1.80. The summed E-state index contributed by atoms with van der Waals surface area (Å²) in [6, 6.07) is 3.19. The molecule has 1 rings (SSSR count). The average molecular weight is 268 g/mol. The molecule has 11 heavy (non-hydrogen) atoms. The summed E-state index contributed by atoms with van der Waals surface area (Å²) in [7, 11) is 0. The second-order valence-corrected chi connectivity index (χ2v) is 3.35. The van der Waals surface area contributed by atoms with Crippen LogP contribution < -0.4 is 0 Å². The maximum absolute atomic E-state index is 12.9. The number of aryl methyl sites for hydroxylation is 1. The van der Waals surface area contributed by atoms with Gasteiger partial charge in [-0.3, -0.25) is 0 Å². The minimum Gasteiger partial charge on any atom is -0.203 e. The van der Waals surface area contributed by atoms with Gasteiger partial charge in [0.15, 0.2) is 11.6 Å². The summed E-state index contributed by atoms with van der Waals surface area (Å²) in [5, 5.41) is 0. The molecule has 0 aromatic heterocycles. The zero-order valence-electron chi connectivity index (χ0n) is 6.00. The average Bonchev–Trinajstić information content (AvgIpc) is 2.01. The third-order valence-corrected chi connectivity index (χ3v) is 2.33. The van der Waals surface area contributed by atoms with Gasteiger partial charge in [0.1, 0.15) is 0 Å². The molecule has 0 atom stereocenters. The van der Waals surface area contributed by atoms with E-state index < -0.39 is 11.6 Å². The van der Waals surface area contributed by atoms with E-state index in [0.717, 1.165) is 0 Å². The lowest BCUT2D eigenvalue weighted by Gasteiger charge is -2.00. The Kier molecular flexibility index (Phi) is 2.81. The van der Waals surface area contributed by atoms with Gasteiger partial charge in [0.2, 0.25) is 0 Å². The van der Waals surface area contributed by atoms with Crippen molar-refractivity contribution in [2.45, 2.75) is 13.3 Å². The fraction of sp³-hybridized carbons (Fsp3) is 0.250. The summed E-state index contributed by atoms with van der Waals surface area (Å²) in [4.78, 5) is 0. The monoisotopic (exact) mass is 268 g/mol. The van der Waals surface area contributed by atoms with Crippen LogP contribution in [0.2, 0.25) is 0 Å². The SMILES string of the molecule is CCc1ccc(I)c(F)c1F. The predicted octanol–water partition coefficient (Wildman–Crippen LogP) is 3.13. The van der Waals surface area contributed by atoms with Gasteiger partial charge in [0.25, 0.3) is 0 Å². The Morgan fingerprint density at radius 1 is 1.27 bits per heavy atom. The van der Waals surface area contributed by atoms with Gasteiger partial charge >= 0.3 is 0 Å². The first-order valence-corrected chi connectivity index (χ1v) is 4.37. The topological polar surface area (TPSA) is 0 Å². The summed E-state index contributed by atoms with van der Waals surface area (Å²) in [5.41, 5.74) is 0.433. The molecular weight excluding hydrogens is 261 g/mol. The first-order chi connectivity index (χ1) is 5.16. The Bertz CT molecular complexity index is 271. The quantitative estimate of drug-likeness (QED) is 0.542. The third kappa shape index (κ3) is 1.69. The molecule has 0 fully saturated rings. The van der Waals surface area contributed by atoms with Crippen molar-refractivity contribution in [2.75, 3.05) is 0 Å². The standard InChI is InChI=1S/C8H7F2I/c1-2-5-3-4-6(11)8(10)7(5)9/h3-4H,2H2,1H3. The molecule has 0 aliphatic carbocycles. The number of hydrogen-bond donors (Lipinski definition) is 0. The molecule has 0 spiro atoms. The van der Waals surface area contributed by atoms with Crippen LogP contribution in [-0.4, -0.2) is 0 Å². The molecule has 60 valence electrons. The van der Waals surface area contributed by atoms with Crippen LogP contribution in [0.5, 0.6) is 0 Å². The van der Waals surface area contributed by atoms with E-state index in [1.54, 1.807) is 41.6 Å². The highest BCUT2D eigenvalue weighted by atomic mass is 127. The van der Waals surface area contributed by atoms with Gasteiger partial charge in [-0.15, -0.1) is 0 Å². The highest BCUT2D eigenvalue weighted by Crippen LogP contribution is 2.17. The molecular formula is C8H7F2I. The van der Waals surface area contributed by atoms with Gasteiger partial charge in [-0.05, 0) is 40.6 Å². The minimum absolute atomic E-state index is 0.331. The van der Waals surface area contributed by atoms with Gasteiger partial charge in [-0.2, -0.15) is 0 Å². The molecule has 0 heterocycles. The van der Waals surface area contributed by atoms with Crippen LogP contribution in [0, 0.1) is 15.2 Å². The van der Waals surface area contributed by atoms with Gasteiger partial charge in [-0.1, -0.05) is 13.0 Å². The third-order valence-electron chi connectivity index (χ3n) is 1.50. The maximum Gasteiger partial charge on any atom is 0.172 e. The van der Waals surface area contributed by atoms with Crippen molar-refractivity contribution in [3.05, 3.63) is 32.9 Å². The Labute approximate surface area is 77.8 Å². The van der Waals surface area contributed by atoms with Crippen LogP contribution in [0.3, 0.4) is 0 Å². The van der Waals surface area contributed by atoms with E-state index in [4.69, 9.17) is 0 Å². The zero-order valence-corrected chi connectivity index (χ0v) is 8.15. The van der Waals surface area contributed by atoms with Crippen LogP contribution >= 0.6 is 22.6 Å². The van der Waals surface area contributed by atoms with Crippen molar-refractivity contribution in [3.63, 3.8) is 0 Å². The van der Waals surface area contributed by atoms with Crippen molar-refractivity contribution < 1.29 is 8.78 Å². The molecule has 3 heteroatoms. The van der Waals surface area contributed by atoms with E-state index in [9.17, 15) is 8.78 Å². The molecule has 0 nitrogen and oxygen atoms in total. The second kappa shape index (κ2) is 3.47. The summed E-state index contributed by atoms with van der Waals surface area (Å²) >= 11 is 1.77. The molecule has 0 saturated heterocycles. The van der Waals surface area contributed by atoms with Crippen LogP contribution in [-0.2, 0) is 6.42 Å². The summed E-state index contributed by atoms with van der Waals surface area (Å²) < 4.78 is 26.0. The second-order valence-electron chi connectivity index (χ2n) is 2.19. The highest BCUT2D eigenvalue weighted by Gasteiger charge is 2.09. The van der Waals surface area contributed by atoms with Crippen LogP contribution in [0.1, 0.15) is 12.5 Å². The molecule has 0 amide bonds. The lowest BCUT2D eigenvalue weighted by Crippen LogP contribution is -1.94. The fourth-order valence-corrected chi connectivity index (χ4v) is 1.26. The van der Waals surface area contributed by atoms with E-state index in [2.05, 4.69) is 0 Å². The van der Waals surface area contributed by atoms with Crippen molar-refractivity contribution in [1.82, 2.24) is 0 Å². The van der Waals surface area contributed by atoms with Crippen molar-refractivity contribution in [2.24, 2.45) is 0 Å². The Hall–Kier alpha value is -0.190. The van der Waals surface area contributed by atoms with Gasteiger partial charge in [0, 0.05) is 0 Å². The van der Waals surface area contributed by atoms with Crippen LogP contribution in [0.15, 0.2) is 12.1 Å². The Balaban J connectivity index is 3.25. The molecule has 0 bridgehead atoms. The van der Waals surface area contributed by atoms with E-state index in [1.165, 1.54) is 0 Å². The smallest absolute Gasteiger partial charge is 0.172 e. The predicted molar refractivity (Wildman–Crippen MR) is 48.5 cm³/mol. The van der Waals surface area contributed by atoms with Gasteiger partial charge in [-0.25, -0.2) is 8.78 Å². The van der Waals surface area contributed by atoms with Crippen LogP contribution in [0.25, 0.3) is 0 Å². The van der Waals surface area contributed by atoms with E-state index in [0.29, 0.717) is 15.6 Å². The summed E-state index contributed by atoms with van der Waals surface area (Å²) in [6.07, 6.45) is 0.527. The molecule has 0 saturated carbocycles. The molecule has 0 aliphatic rings. The van der Waals surface area contributed by atoms with Crippen molar-refractivity contribution in [1.29, 1.82) is 0 Å². The lowest BCUT2D eigenvalue weighted by molar-refractivity contribution is 0.495. The van der Waals surface area contributed by atoms with E-state index in [-0.39, 0.29) is 0 Å². The normalized spacial score (nSPS) is 10.2. The number of benzene rings is 1. The molecule has 1 aromatic rings. The Morgan fingerprint density at radius 3 is 2.45 bits per heavy atom. The molecule has 0 unspecified atom stereocenters. The first kappa shape index (κ1) is 8.90. The molecule has 0 N–H and O–H groups in total. The van der Waals surface area contributed by atoms with Crippen LogP contribution in [0.4, 0.5) is 8.78 Å².